The van der Waals surface area contributed by atoms with Gasteiger partial charge in [-0.05, 0) is 72.0 Å². The van der Waals surface area contributed by atoms with Crippen LogP contribution in [0.25, 0.3) is 5.69 Å². The summed E-state index contributed by atoms with van der Waals surface area (Å²) in [5.41, 5.74) is 3.95. The molecule has 26 heavy (non-hydrogen) atoms. The van der Waals surface area contributed by atoms with E-state index in [-0.39, 0.29) is 0 Å². The molecule has 0 radical (unpaired) electrons. The Kier molecular flexibility index (Phi) is 3.99. The molecule has 0 amide bonds. The number of sulfonamides is 1. The van der Waals surface area contributed by atoms with Gasteiger partial charge in [-0.25, -0.2) is 13.1 Å². The number of para-hydroxylation sites is 1. The largest absolute Gasteiger partial charge is 0.266 e. The van der Waals surface area contributed by atoms with Crippen LogP contribution in [0.1, 0.15) is 23.1 Å². The molecule has 1 aliphatic heterocycles. The van der Waals surface area contributed by atoms with Crippen molar-refractivity contribution in [3.8, 4) is 5.69 Å². The lowest BCUT2D eigenvalue weighted by Gasteiger charge is -2.31. The minimum Gasteiger partial charge on any atom is -0.266 e. The van der Waals surface area contributed by atoms with Crippen LogP contribution in [-0.4, -0.2) is 35.2 Å². The zero-order chi connectivity index (χ0) is 18.3. The Morgan fingerprint density at radius 1 is 1.08 bits per heavy atom. The van der Waals surface area contributed by atoms with Crippen LogP contribution in [0.3, 0.4) is 0 Å². The predicted molar refractivity (Wildman–Crippen MR) is 97.9 cm³/mol. The average Bonchev–Trinajstić information content (AvgIpc) is 3.15. The van der Waals surface area contributed by atoms with E-state index in [4.69, 9.17) is 0 Å². The molecular weight excluding hydrogens is 350 g/mol. The lowest BCUT2D eigenvalue weighted by atomic mass is 10.0. The molecule has 3 aromatic rings. The molecule has 134 valence electrons. The summed E-state index contributed by atoms with van der Waals surface area (Å²) < 4.78 is 30.0. The number of hydrogen-bond donors (Lipinski definition) is 0. The van der Waals surface area contributed by atoms with Gasteiger partial charge in [-0.1, -0.05) is 18.2 Å². The summed E-state index contributed by atoms with van der Waals surface area (Å²) in [6.07, 6.45) is 3.21. The second-order valence-electron chi connectivity index (χ2n) is 6.47. The molecule has 0 atom stereocenters. The number of hydrogen-bond acceptors (Lipinski definition) is 5. The van der Waals surface area contributed by atoms with Crippen LogP contribution in [0.5, 0.6) is 0 Å². The van der Waals surface area contributed by atoms with Gasteiger partial charge in [0, 0.05) is 6.54 Å². The first kappa shape index (κ1) is 16.7. The fraction of sp³-hybridized carbons (Fsp3) is 0.278. The maximum Gasteiger partial charge on any atom is 0.264 e. The van der Waals surface area contributed by atoms with Crippen LogP contribution < -0.4 is 4.31 Å². The van der Waals surface area contributed by atoms with Crippen LogP contribution in [0.4, 0.5) is 5.69 Å². The standard InChI is InChI=1S/C18H19N5O2S/c1-13-10-16(22-12-19-20-21-22)11-14(2)18(13)26(24,25)23-9-5-7-15-6-3-4-8-17(15)23/h3-4,6,8,10-12H,5,7,9H2,1-2H3. The highest BCUT2D eigenvalue weighted by Crippen LogP contribution is 2.34. The summed E-state index contributed by atoms with van der Waals surface area (Å²) in [5.74, 6) is 0. The quantitative estimate of drug-likeness (QED) is 0.708. The SMILES string of the molecule is Cc1cc(-n2cnnn2)cc(C)c1S(=O)(=O)N1CCCc2ccccc21. The molecule has 7 nitrogen and oxygen atoms in total. The monoisotopic (exact) mass is 369 g/mol. The molecule has 0 spiro atoms. The third-order valence-corrected chi connectivity index (χ3v) is 6.79. The molecule has 0 unspecified atom stereocenters. The molecule has 0 N–H and O–H groups in total. The van der Waals surface area contributed by atoms with Crippen molar-refractivity contribution in [2.45, 2.75) is 31.6 Å². The van der Waals surface area contributed by atoms with E-state index in [2.05, 4.69) is 15.5 Å². The molecule has 0 fully saturated rings. The Morgan fingerprint density at radius 3 is 2.50 bits per heavy atom. The Labute approximate surface area is 152 Å². The lowest BCUT2D eigenvalue weighted by molar-refractivity contribution is 0.585. The number of aromatic nitrogens is 4. The maximum absolute atomic E-state index is 13.5. The number of rotatable bonds is 3. The fourth-order valence-corrected chi connectivity index (χ4v) is 5.56. The van der Waals surface area contributed by atoms with E-state index in [0.717, 1.165) is 29.8 Å². The van der Waals surface area contributed by atoms with Gasteiger partial charge >= 0.3 is 0 Å². The van der Waals surface area contributed by atoms with Gasteiger partial charge in [0.15, 0.2) is 0 Å². The fourth-order valence-electron chi connectivity index (χ4n) is 3.61. The summed E-state index contributed by atoms with van der Waals surface area (Å²) >= 11 is 0. The molecule has 1 aliphatic rings. The molecule has 1 aromatic heterocycles. The first-order valence-electron chi connectivity index (χ1n) is 8.44. The van der Waals surface area contributed by atoms with E-state index < -0.39 is 10.0 Å². The Balaban J connectivity index is 1.83. The van der Waals surface area contributed by atoms with Gasteiger partial charge in [-0.3, -0.25) is 4.31 Å². The summed E-state index contributed by atoms with van der Waals surface area (Å²) in [6.45, 7) is 4.11. The predicted octanol–water partition coefficient (Wildman–Crippen LogP) is 2.42. The number of benzene rings is 2. The van der Waals surface area contributed by atoms with Crippen LogP contribution in [-0.2, 0) is 16.4 Å². The Morgan fingerprint density at radius 2 is 1.81 bits per heavy atom. The van der Waals surface area contributed by atoms with Gasteiger partial charge in [0.25, 0.3) is 10.0 Å². The van der Waals surface area contributed by atoms with E-state index >= 15 is 0 Å². The lowest BCUT2D eigenvalue weighted by Crippen LogP contribution is -2.36. The molecule has 2 heterocycles. The maximum atomic E-state index is 13.5. The van der Waals surface area contributed by atoms with Crippen molar-refractivity contribution in [1.82, 2.24) is 20.2 Å². The third-order valence-electron chi connectivity index (χ3n) is 4.67. The van der Waals surface area contributed by atoms with Crippen molar-refractivity contribution < 1.29 is 8.42 Å². The van der Waals surface area contributed by atoms with E-state index in [9.17, 15) is 8.42 Å². The van der Waals surface area contributed by atoms with Crippen LogP contribution >= 0.6 is 0 Å². The molecule has 8 heteroatoms. The van der Waals surface area contributed by atoms with Crippen molar-refractivity contribution in [2.75, 3.05) is 10.8 Å². The van der Waals surface area contributed by atoms with Crippen LogP contribution in [0.15, 0.2) is 47.6 Å². The molecule has 0 saturated carbocycles. The van der Waals surface area contributed by atoms with Crippen LogP contribution in [0, 0.1) is 13.8 Å². The van der Waals surface area contributed by atoms with Gasteiger partial charge < -0.3 is 0 Å². The number of nitrogens with zero attached hydrogens (tertiary/aromatic N) is 5. The van der Waals surface area contributed by atoms with Crippen molar-refractivity contribution in [3.05, 3.63) is 59.4 Å². The highest BCUT2D eigenvalue weighted by molar-refractivity contribution is 7.93. The van der Waals surface area contributed by atoms with Crippen molar-refractivity contribution >= 4 is 15.7 Å². The normalized spacial score (nSPS) is 14.3. The molecule has 0 bridgehead atoms. The average molecular weight is 369 g/mol. The summed E-state index contributed by atoms with van der Waals surface area (Å²) in [6, 6.07) is 11.3. The molecule has 0 aliphatic carbocycles. The number of fused-ring (bicyclic) bond motifs is 1. The number of aryl methyl sites for hydroxylation is 3. The molecule has 2 aromatic carbocycles. The highest BCUT2D eigenvalue weighted by atomic mass is 32.2. The van der Waals surface area contributed by atoms with Crippen molar-refractivity contribution in [1.29, 1.82) is 0 Å². The van der Waals surface area contributed by atoms with E-state index in [1.807, 2.05) is 38.1 Å². The molecule has 0 saturated heterocycles. The smallest absolute Gasteiger partial charge is 0.264 e. The molecule has 4 rings (SSSR count). The third kappa shape index (κ3) is 2.66. The number of anilines is 1. The van der Waals surface area contributed by atoms with E-state index in [0.29, 0.717) is 22.6 Å². The Bertz CT molecular complexity index is 1040. The van der Waals surface area contributed by atoms with E-state index in [1.54, 1.807) is 12.1 Å². The zero-order valence-electron chi connectivity index (χ0n) is 14.6. The summed E-state index contributed by atoms with van der Waals surface area (Å²) in [5, 5.41) is 11.1. The van der Waals surface area contributed by atoms with Crippen LogP contribution in [0.2, 0.25) is 0 Å². The van der Waals surface area contributed by atoms with Gasteiger partial charge in [0.2, 0.25) is 0 Å². The zero-order valence-corrected chi connectivity index (χ0v) is 15.4. The van der Waals surface area contributed by atoms with Gasteiger partial charge in [0.05, 0.1) is 16.3 Å². The minimum absolute atomic E-state index is 0.353. The van der Waals surface area contributed by atoms with Gasteiger partial charge in [0.1, 0.15) is 6.33 Å². The summed E-state index contributed by atoms with van der Waals surface area (Å²) in [7, 11) is -3.65. The second kappa shape index (κ2) is 6.21. The summed E-state index contributed by atoms with van der Waals surface area (Å²) in [4.78, 5) is 0.353. The first-order valence-corrected chi connectivity index (χ1v) is 9.88. The first-order chi connectivity index (χ1) is 12.5. The topological polar surface area (TPSA) is 81.0 Å². The van der Waals surface area contributed by atoms with E-state index in [1.165, 1.54) is 15.3 Å². The van der Waals surface area contributed by atoms with Crippen molar-refractivity contribution in [2.24, 2.45) is 0 Å². The minimum atomic E-state index is -3.65. The molecular formula is C18H19N5O2S. The van der Waals surface area contributed by atoms with Gasteiger partial charge in [-0.2, -0.15) is 0 Å². The Hall–Kier alpha value is -2.74. The second-order valence-corrected chi connectivity index (χ2v) is 8.27. The van der Waals surface area contributed by atoms with Gasteiger partial charge in [-0.15, -0.1) is 5.10 Å². The van der Waals surface area contributed by atoms with Crippen molar-refractivity contribution in [3.63, 3.8) is 0 Å². The highest BCUT2D eigenvalue weighted by Gasteiger charge is 2.31. The number of tetrazole rings is 1.